The second-order valence-electron chi connectivity index (χ2n) is 6.34. The standard InChI is InChI=1S/C20H17ClN4O4S/c1-12-5-7-14(8-6-12)25-19(28)16(18(27)23-20(25)30)10-22-24-17(26)11-29-15-4-2-3-13(21)9-15/h2-10,16H,11H2,1H3,(H,24,26)(H,23,27,30)/b22-10-/t16-/m0/s1. The van der Waals surface area contributed by atoms with Crippen LogP contribution in [0.3, 0.4) is 0 Å². The van der Waals surface area contributed by atoms with Gasteiger partial charge in [-0.3, -0.25) is 19.3 Å². The van der Waals surface area contributed by atoms with Gasteiger partial charge in [-0.2, -0.15) is 5.10 Å². The first kappa shape index (κ1) is 21.4. The van der Waals surface area contributed by atoms with Gasteiger partial charge in [0.05, 0.1) is 5.69 Å². The second-order valence-corrected chi connectivity index (χ2v) is 7.16. The summed E-state index contributed by atoms with van der Waals surface area (Å²) < 4.78 is 5.29. The van der Waals surface area contributed by atoms with E-state index in [4.69, 9.17) is 28.6 Å². The number of anilines is 1. The molecule has 10 heteroatoms. The van der Waals surface area contributed by atoms with E-state index in [0.29, 0.717) is 16.5 Å². The molecule has 0 unspecified atom stereocenters. The summed E-state index contributed by atoms with van der Waals surface area (Å²) in [7, 11) is 0. The minimum Gasteiger partial charge on any atom is -0.484 e. The summed E-state index contributed by atoms with van der Waals surface area (Å²) >= 11 is 11.0. The Labute approximate surface area is 182 Å². The van der Waals surface area contributed by atoms with Crippen LogP contribution in [0.15, 0.2) is 53.6 Å². The van der Waals surface area contributed by atoms with Gasteiger partial charge >= 0.3 is 0 Å². The average Bonchev–Trinajstić information content (AvgIpc) is 2.70. The van der Waals surface area contributed by atoms with Crippen molar-refractivity contribution >= 4 is 58.6 Å². The van der Waals surface area contributed by atoms with Crippen molar-refractivity contribution in [2.75, 3.05) is 11.5 Å². The Morgan fingerprint density at radius 2 is 2.03 bits per heavy atom. The van der Waals surface area contributed by atoms with E-state index in [9.17, 15) is 14.4 Å². The molecular formula is C20H17ClN4O4S. The summed E-state index contributed by atoms with van der Waals surface area (Å²) in [6.07, 6.45) is 1.05. The fraction of sp³-hybridized carbons (Fsp3) is 0.150. The topological polar surface area (TPSA) is 100 Å². The maximum absolute atomic E-state index is 12.8. The molecule has 154 valence electrons. The van der Waals surface area contributed by atoms with E-state index >= 15 is 0 Å². The highest BCUT2D eigenvalue weighted by atomic mass is 35.5. The molecule has 1 atom stereocenters. The van der Waals surface area contributed by atoms with Gasteiger partial charge in [0, 0.05) is 11.2 Å². The summed E-state index contributed by atoms with van der Waals surface area (Å²) in [5.41, 5.74) is 3.75. The van der Waals surface area contributed by atoms with E-state index in [0.717, 1.165) is 11.8 Å². The Kier molecular flexibility index (Phi) is 6.76. The van der Waals surface area contributed by atoms with Crippen molar-refractivity contribution in [3.8, 4) is 5.75 Å². The lowest BCUT2D eigenvalue weighted by molar-refractivity contribution is -0.130. The van der Waals surface area contributed by atoms with Gasteiger partial charge in [0.1, 0.15) is 5.75 Å². The number of carbonyl (C=O) groups is 3. The number of nitrogens with one attached hydrogen (secondary N) is 2. The molecule has 1 saturated heterocycles. The lowest BCUT2D eigenvalue weighted by Gasteiger charge is -2.30. The molecule has 30 heavy (non-hydrogen) atoms. The molecule has 2 aromatic carbocycles. The molecule has 0 aromatic heterocycles. The van der Waals surface area contributed by atoms with E-state index in [-0.39, 0.29) is 11.7 Å². The zero-order chi connectivity index (χ0) is 21.7. The zero-order valence-corrected chi connectivity index (χ0v) is 17.4. The van der Waals surface area contributed by atoms with Crippen molar-refractivity contribution in [1.29, 1.82) is 0 Å². The molecule has 0 bridgehead atoms. The summed E-state index contributed by atoms with van der Waals surface area (Å²) in [4.78, 5) is 38.1. The molecule has 1 aliphatic rings. The van der Waals surface area contributed by atoms with Gasteiger partial charge in [0.25, 0.3) is 11.8 Å². The number of amides is 3. The summed E-state index contributed by atoms with van der Waals surface area (Å²) in [5.74, 6) is -2.58. The number of benzene rings is 2. The van der Waals surface area contributed by atoms with Gasteiger partial charge in [-0.15, -0.1) is 0 Å². The van der Waals surface area contributed by atoms with Gasteiger partial charge in [-0.05, 0) is 49.5 Å². The highest BCUT2D eigenvalue weighted by molar-refractivity contribution is 7.80. The number of hydrogen-bond donors (Lipinski definition) is 2. The third-order valence-electron chi connectivity index (χ3n) is 4.07. The first-order valence-corrected chi connectivity index (χ1v) is 9.59. The maximum Gasteiger partial charge on any atom is 0.277 e. The Bertz CT molecular complexity index is 1030. The lowest BCUT2D eigenvalue weighted by Crippen LogP contribution is -2.58. The SMILES string of the molecule is Cc1ccc(N2C(=O)[C@@H](/C=N\NC(=O)COc3cccc(Cl)c3)C(=O)NC2=S)cc1. The molecule has 2 aromatic rings. The van der Waals surface area contributed by atoms with Gasteiger partial charge in [-0.1, -0.05) is 35.4 Å². The molecule has 8 nitrogen and oxygen atoms in total. The summed E-state index contributed by atoms with van der Waals surface area (Å²) in [6.45, 7) is 1.60. The van der Waals surface area contributed by atoms with Crippen LogP contribution in [0.4, 0.5) is 5.69 Å². The van der Waals surface area contributed by atoms with E-state index in [1.54, 1.807) is 36.4 Å². The van der Waals surface area contributed by atoms with Crippen LogP contribution in [-0.2, 0) is 14.4 Å². The van der Waals surface area contributed by atoms with Crippen molar-refractivity contribution in [1.82, 2.24) is 10.7 Å². The third-order valence-corrected chi connectivity index (χ3v) is 4.59. The van der Waals surface area contributed by atoms with Crippen LogP contribution in [0.2, 0.25) is 5.02 Å². The van der Waals surface area contributed by atoms with Crippen LogP contribution in [0.5, 0.6) is 5.75 Å². The van der Waals surface area contributed by atoms with Gasteiger partial charge < -0.3 is 10.1 Å². The van der Waals surface area contributed by atoms with Crippen LogP contribution < -0.4 is 20.4 Å². The number of nitrogens with zero attached hydrogens (tertiary/aromatic N) is 2. The van der Waals surface area contributed by atoms with Crippen LogP contribution in [0, 0.1) is 12.8 Å². The van der Waals surface area contributed by atoms with Crippen LogP contribution in [0.1, 0.15) is 5.56 Å². The largest absolute Gasteiger partial charge is 0.484 e. The summed E-state index contributed by atoms with van der Waals surface area (Å²) in [6, 6.07) is 13.7. The van der Waals surface area contributed by atoms with Gasteiger partial charge in [0.2, 0.25) is 5.91 Å². The molecule has 0 radical (unpaired) electrons. The molecule has 3 amide bonds. The summed E-state index contributed by atoms with van der Waals surface area (Å²) in [5, 5.41) is 6.64. The Hall–Kier alpha value is -3.30. The van der Waals surface area contributed by atoms with E-state index < -0.39 is 23.6 Å². The Morgan fingerprint density at radius 1 is 1.30 bits per heavy atom. The maximum atomic E-state index is 12.8. The fourth-order valence-corrected chi connectivity index (χ4v) is 3.06. The fourth-order valence-electron chi connectivity index (χ4n) is 2.58. The smallest absolute Gasteiger partial charge is 0.277 e. The van der Waals surface area contributed by atoms with Crippen LogP contribution >= 0.6 is 23.8 Å². The minimum absolute atomic E-state index is 0.0162. The molecule has 2 N–H and O–H groups in total. The number of thiocarbonyl (C=S) groups is 1. The Balaban J connectivity index is 1.61. The number of aryl methyl sites for hydroxylation is 1. The molecule has 1 fully saturated rings. The van der Waals surface area contributed by atoms with Crippen molar-refractivity contribution in [3.63, 3.8) is 0 Å². The molecule has 1 aliphatic heterocycles. The van der Waals surface area contributed by atoms with Crippen LogP contribution in [-0.4, -0.2) is 35.7 Å². The van der Waals surface area contributed by atoms with Gasteiger partial charge in [-0.25, -0.2) is 5.43 Å². The second kappa shape index (κ2) is 9.47. The average molecular weight is 445 g/mol. The molecule has 0 aliphatic carbocycles. The highest BCUT2D eigenvalue weighted by Gasteiger charge is 2.38. The number of halogens is 1. The number of hydrazone groups is 1. The lowest BCUT2D eigenvalue weighted by atomic mass is 10.1. The Morgan fingerprint density at radius 3 is 2.73 bits per heavy atom. The normalized spacial score (nSPS) is 16.5. The molecule has 0 spiro atoms. The predicted octanol–water partition coefficient (Wildman–Crippen LogP) is 2.19. The predicted molar refractivity (Wildman–Crippen MR) is 116 cm³/mol. The first-order valence-electron chi connectivity index (χ1n) is 8.81. The monoisotopic (exact) mass is 444 g/mol. The van der Waals surface area contributed by atoms with E-state index in [2.05, 4.69) is 15.8 Å². The van der Waals surface area contributed by atoms with E-state index in [1.807, 2.05) is 19.1 Å². The van der Waals surface area contributed by atoms with Crippen molar-refractivity contribution < 1.29 is 19.1 Å². The third kappa shape index (κ3) is 5.19. The van der Waals surface area contributed by atoms with Gasteiger partial charge in [0.15, 0.2) is 17.6 Å². The van der Waals surface area contributed by atoms with Crippen molar-refractivity contribution in [2.24, 2.45) is 11.0 Å². The van der Waals surface area contributed by atoms with Crippen molar-refractivity contribution in [2.45, 2.75) is 6.92 Å². The number of rotatable bonds is 6. The molecule has 3 rings (SSSR count). The number of ether oxygens (including phenoxy) is 1. The molecular weight excluding hydrogens is 428 g/mol. The van der Waals surface area contributed by atoms with E-state index in [1.165, 1.54) is 4.90 Å². The minimum atomic E-state index is -1.24. The van der Waals surface area contributed by atoms with Crippen LogP contribution in [0.25, 0.3) is 0 Å². The quantitative estimate of drug-likeness (QED) is 0.308. The molecule has 0 saturated carbocycles. The first-order chi connectivity index (χ1) is 14.3. The number of carbonyl (C=O) groups excluding carboxylic acids is 3. The van der Waals surface area contributed by atoms with Crippen molar-refractivity contribution in [3.05, 3.63) is 59.1 Å². The number of hydrogen-bond acceptors (Lipinski definition) is 6. The highest BCUT2D eigenvalue weighted by Crippen LogP contribution is 2.21. The zero-order valence-electron chi connectivity index (χ0n) is 15.8. The molecule has 1 heterocycles.